The largest absolute Gasteiger partial charge is 0.487 e. The SMILES string of the molecule is CCOc1cc(NCCOCCO)ccc1[N+](=O)[O-]. The second kappa shape index (κ2) is 8.28. The average Bonchev–Trinajstić information content (AvgIpc) is 2.39. The maximum atomic E-state index is 10.8. The maximum Gasteiger partial charge on any atom is 0.311 e. The van der Waals surface area contributed by atoms with Crippen LogP contribution in [0.2, 0.25) is 0 Å². The van der Waals surface area contributed by atoms with Crippen molar-refractivity contribution >= 4 is 11.4 Å². The van der Waals surface area contributed by atoms with Crippen LogP contribution < -0.4 is 10.1 Å². The lowest BCUT2D eigenvalue weighted by atomic mass is 10.2. The molecular weight excluding hydrogens is 252 g/mol. The highest BCUT2D eigenvalue weighted by atomic mass is 16.6. The molecule has 0 heterocycles. The first kappa shape index (κ1) is 15.2. The molecule has 0 aromatic heterocycles. The molecule has 106 valence electrons. The number of anilines is 1. The molecule has 0 atom stereocenters. The molecule has 0 radical (unpaired) electrons. The Bertz CT molecular complexity index is 411. The standard InChI is InChI=1S/C12H18N2O5/c1-2-19-12-9-10(3-4-11(12)14(16)17)13-5-7-18-8-6-15/h3-4,9,13,15H,2,5-8H2,1H3. The van der Waals surface area contributed by atoms with Crippen LogP contribution in [0.1, 0.15) is 6.92 Å². The Labute approximate surface area is 111 Å². The van der Waals surface area contributed by atoms with E-state index in [4.69, 9.17) is 14.6 Å². The fourth-order valence-electron chi connectivity index (χ4n) is 1.48. The molecule has 0 saturated heterocycles. The van der Waals surface area contributed by atoms with Crippen molar-refractivity contribution in [1.82, 2.24) is 0 Å². The number of nitrogens with one attached hydrogen (secondary N) is 1. The van der Waals surface area contributed by atoms with Crippen LogP contribution in [0.5, 0.6) is 5.75 Å². The number of benzene rings is 1. The van der Waals surface area contributed by atoms with Gasteiger partial charge in [-0.15, -0.1) is 0 Å². The second-order valence-corrected chi connectivity index (χ2v) is 3.64. The topological polar surface area (TPSA) is 93.9 Å². The lowest BCUT2D eigenvalue weighted by molar-refractivity contribution is -0.385. The number of nitrogens with zero attached hydrogens (tertiary/aromatic N) is 1. The molecular formula is C12H18N2O5. The van der Waals surface area contributed by atoms with Crippen molar-refractivity contribution in [2.45, 2.75) is 6.92 Å². The molecule has 1 rings (SSSR count). The van der Waals surface area contributed by atoms with Crippen LogP contribution in [0, 0.1) is 10.1 Å². The molecule has 0 spiro atoms. The van der Waals surface area contributed by atoms with Gasteiger partial charge < -0.3 is 19.9 Å². The minimum atomic E-state index is -0.473. The number of aliphatic hydroxyl groups is 1. The molecule has 19 heavy (non-hydrogen) atoms. The van der Waals surface area contributed by atoms with Crippen LogP contribution in [0.15, 0.2) is 18.2 Å². The lowest BCUT2D eigenvalue weighted by Crippen LogP contribution is -2.11. The van der Waals surface area contributed by atoms with Gasteiger partial charge in [0.25, 0.3) is 0 Å². The average molecular weight is 270 g/mol. The summed E-state index contributed by atoms with van der Waals surface area (Å²) in [5.41, 5.74) is 0.672. The number of aliphatic hydroxyl groups excluding tert-OH is 1. The van der Waals surface area contributed by atoms with Crippen molar-refractivity contribution in [2.24, 2.45) is 0 Å². The molecule has 0 aliphatic carbocycles. The van der Waals surface area contributed by atoms with Crippen molar-refractivity contribution in [3.8, 4) is 5.75 Å². The predicted molar refractivity (Wildman–Crippen MR) is 70.7 cm³/mol. The minimum absolute atomic E-state index is 0.00792. The van der Waals surface area contributed by atoms with Crippen molar-refractivity contribution in [3.63, 3.8) is 0 Å². The van der Waals surface area contributed by atoms with Gasteiger partial charge >= 0.3 is 5.69 Å². The van der Waals surface area contributed by atoms with Gasteiger partial charge in [0, 0.05) is 24.4 Å². The number of rotatable bonds is 9. The number of nitro groups is 1. The van der Waals surface area contributed by atoms with E-state index in [0.29, 0.717) is 26.4 Å². The van der Waals surface area contributed by atoms with Crippen molar-refractivity contribution in [2.75, 3.05) is 38.3 Å². The Hall–Kier alpha value is -1.86. The Morgan fingerprint density at radius 2 is 2.21 bits per heavy atom. The monoisotopic (exact) mass is 270 g/mol. The summed E-state index contributed by atoms with van der Waals surface area (Å²) in [5.74, 6) is 0.244. The smallest absolute Gasteiger partial charge is 0.311 e. The van der Waals surface area contributed by atoms with Gasteiger partial charge in [-0.1, -0.05) is 0 Å². The highest BCUT2D eigenvalue weighted by Gasteiger charge is 2.14. The van der Waals surface area contributed by atoms with Gasteiger partial charge in [0.05, 0.1) is 31.4 Å². The maximum absolute atomic E-state index is 10.8. The van der Waals surface area contributed by atoms with Crippen molar-refractivity contribution in [1.29, 1.82) is 0 Å². The molecule has 0 aliphatic heterocycles. The summed E-state index contributed by atoms with van der Waals surface area (Å²) in [5, 5.41) is 22.4. The summed E-state index contributed by atoms with van der Waals surface area (Å²) in [6.45, 7) is 3.42. The lowest BCUT2D eigenvalue weighted by Gasteiger charge is -2.09. The molecule has 7 heteroatoms. The molecule has 0 saturated carbocycles. The van der Waals surface area contributed by atoms with Crippen LogP contribution in [0.25, 0.3) is 0 Å². The Morgan fingerprint density at radius 3 is 2.84 bits per heavy atom. The number of hydrogen-bond donors (Lipinski definition) is 2. The van der Waals surface area contributed by atoms with E-state index in [1.807, 2.05) is 0 Å². The third-order valence-corrected chi connectivity index (χ3v) is 2.27. The van der Waals surface area contributed by atoms with Crippen LogP contribution in [-0.2, 0) is 4.74 Å². The number of nitro benzene ring substituents is 1. The highest BCUT2D eigenvalue weighted by molar-refractivity contribution is 5.57. The zero-order valence-electron chi connectivity index (χ0n) is 10.8. The molecule has 0 fully saturated rings. The Kier molecular flexibility index (Phi) is 6.62. The van der Waals surface area contributed by atoms with E-state index < -0.39 is 4.92 Å². The second-order valence-electron chi connectivity index (χ2n) is 3.64. The van der Waals surface area contributed by atoms with Gasteiger partial charge in [-0.3, -0.25) is 10.1 Å². The highest BCUT2D eigenvalue weighted by Crippen LogP contribution is 2.29. The van der Waals surface area contributed by atoms with Crippen LogP contribution in [-0.4, -0.2) is 43.0 Å². The first-order valence-corrected chi connectivity index (χ1v) is 6.02. The molecule has 1 aromatic rings. The molecule has 0 amide bonds. The Balaban J connectivity index is 2.59. The van der Waals surface area contributed by atoms with Crippen LogP contribution >= 0.6 is 0 Å². The fraction of sp³-hybridized carbons (Fsp3) is 0.500. The molecule has 0 aliphatic rings. The first-order valence-electron chi connectivity index (χ1n) is 6.02. The summed E-state index contributed by atoms with van der Waals surface area (Å²) in [4.78, 5) is 10.3. The van der Waals surface area contributed by atoms with Gasteiger partial charge in [-0.05, 0) is 13.0 Å². The molecule has 1 aromatic carbocycles. The Morgan fingerprint density at radius 1 is 1.42 bits per heavy atom. The minimum Gasteiger partial charge on any atom is -0.487 e. The van der Waals surface area contributed by atoms with E-state index in [0.717, 1.165) is 5.69 Å². The van der Waals surface area contributed by atoms with Gasteiger partial charge in [-0.25, -0.2) is 0 Å². The van der Waals surface area contributed by atoms with Gasteiger partial charge in [0.15, 0.2) is 5.75 Å². The van der Waals surface area contributed by atoms with Gasteiger partial charge in [0.1, 0.15) is 0 Å². The number of ether oxygens (including phenoxy) is 2. The van der Waals surface area contributed by atoms with Gasteiger partial charge in [0.2, 0.25) is 0 Å². The van der Waals surface area contributed by atoms with E-state index in [-0.39, 0.29) is 18.0 Å². The molecule has 7 nitrogen and oxygen atoms in total. The van der Waals surface area contributed by atoms with E-state index >= 15 is 0 Å². The first-order chi connectivity index (χ1) is 9.19. The number of hydrogen-bond acceptors (Lipinski definition) is 6. The fourth-order valence-corrected chi connectivity index (χ4v) is 1.48. The summed E-state index contributed by atoms with van der Waals surface area (Å²) in [6.07, 6.45) is 0. The summed E-state index contributed by atoms with van der Waals surface area (Å²) in [6, 6.07) is 4.61. The van der Waals surface area contributed by atoms with E-state index in [1.54, 1.807) is 19.1 Å². The van der Waals surface area contributed by atoms with Crippen molar-refractivity contribution in [3.05, 3.63) is 28.3 Å². The third-order valence-electron chi connectivity index (χ3n) is 2.27. The normalized spacial score (nSPS) is 10.2. The summed E-state index contributed by atoms with van der Waals surface area (Å²) in [7, 11) is 0. The molecule has 0 bridgehead atoms. The van der Waals surface area contributed by atoms with E-state index in [9.17, 15) is 10.1 Å². The van der Waals surface area contributed by atoms with Crippen LogP contribution in [0.4, 0.5) is 11.4 Å². The summed E-state index contributed by atoms with van der Waals surface area (Å²) < 4.78 is 10.3. The van der Waals surface area contributed by atoms with E-state index in [2.05, 4.69) is 5.32 Å². The van der Waals surface area contributed by atoms with E-state index in [1.165, 1.54) is 6.07 Å². The molecule has 2 N–H and O–H groups in total. The third kappa shape index (κ3) is 5.11. The van der Waals surface area contributed by atoms with Gasteiger partial charge in [-0.2, -0.15) is 0 Å². The van der Waals surface area contributed by atoms with Crippen molar-refractivity contribution < 1.29 is 19.5 Å². The molecule has 0 unspecified atom stereocenters. The van der Waals surface area contributed by atoms with Crippen LogP contribution in [0.3, 0.4) is 0 Å². The summed E-state index contributed by atoms with van der Waals surface area (Å²) >= 11 is 0. The predicted octanol–water partition coefficient (Wildman–Crippen LogP) is 1.41. The quantitative estimate of drug-likeness (QED) is 0.400. The zero-order chi connectivity index (χ0) is 14.1. The zero-order valence-corrected chi connectivity index (χ0v) is 10.8.